The molecule has 0 aliphatic carbocycles. The van der Waals surface area contributed by atoms with Gasteiger partial charge >= 0.3 is 19.8 Å². The van der Waals surface area contributed by atoms with Crippen LogP contribution in [0.2, 0.25) is 0 Å². The summed E-state index contributed by atoms with van der Waals surface area (Å²) in [5.74, 6) is -0.931. The van der Waals surface area contributed by atoms with Crippen molar-refractivity contribution in [3.63, 3.8) is 0 Å². The zero-order valence-electron chi connectivity index (χ0n) is 31.8. The summed E-state index contributed by atoms with van der Waals surface area (Å²) in [5.41, 5.74) is 0. The van der Waals surface area contributed by atoms with E-state index in [-0.39, 0.29) is 19.4 Å². The Morgan fingerprint density at radius 1 is 0.540 bits per heavy atom. The lowest BCUT2D eigenvalue weighted by Gasteiger charge is -2.18. The number of esters is 2. The molecule has 0 saturated heterocycles. The Morgan fingerprint density at radius 3 is 1.44 bits per heavy atom. The van der Waals surface area contributed by atoms with Crippen molar-refractivity contribution in [3.8, 4) is 0 Å². The van der Waals surface area contributed by atoms with Gasteiger partial charge in [0.2, 0.25) is 0 Å². The number of phosphoric acid groups is 1. The van der Waals surface area contributed by atoms with Crippen molar-refractivity contribution in [2.24, 2.45) is 0 Å². The third-order valence-corrected chi connectivity index (χ3v) is 8.85. The molecule has 0 fully saturated rings. The zero-order chi connectivity index (χ0) is 36.8. The molecule has 0 aromatic heterocycles. The van der Waals surface area contributed by atoms with Gasteiger partial charge in [0, 0.05) is 12.8 Å². The van der Waals surface area contributed by atoms with Gasteiger partial charge in [-0.1, -0.05) is 165 Å². The third kappa shape index (κ3) is 38.8. The van der Waals surface area contributed by atoms with Crippen LogP contribution in [-0.4, -0.2) is 41.0 Å². The van der Waals surface area contributed by atoms with Gasteiger partial charge in [0.15, 0.2) is 6.10 Å². The molecule has 8 nitrogen and oxygen atoms in total. The Kier molecular flexibility index (Phi) is 35.3. The van der Waals surface area contributed by atoms with Gasteiger partial charge in [0.05, 0.1) is 6.61 Å². The van der Waals surface area contributed by atoms with Crippen LogP contribution in [0.1, 0.15) is 181 Å². The maximum absolute atomic E-state index is 12.4. The van der Waals surface area contributed by atoms with Crippen molar-refractivity contribution < 1.29 is 37.9 Å². The fourth-order valence-electron chi connectivity index (χ4n) is 5.42. The number of ether oxygens (including phenoxy) is 2. The van der Waals surface area contributed by atoms with E-state index in [0.29, 0.717) is 6.42 Å². The minimum Gasteiger partial charge on any atom is -0.462 e. The molecular weight excluding hydrogens is 651 g/mol. The molecular formula is C41H73O8P. The topological polar surface area (TPSA) is 119 Å². The number of hydrogen-bond donors (Lipinski definition) is 2. The van der Waals surface area contributed by atoms with Crippen molar-refractivity contribution in [3.05, 3.63) is 48.6 Å². The molecule has 290 valence electrons. The summed E-state index contributed by atoms with van der Waals surface area (Å²) in [6.07, 6.45) is 44.1. The highest BCUT2D eigenvalue weighted by Gasteiger charge is 2.22. The molecule has 0 rings (SSSR count). The number of hydrogen-bond acceptors (Lipinski definition) is 6. The first-order valence-corrected chi connectivity index (χ1v) is 21.5. The van der Waals surface area contributed by atoms with Gasteiger partial charge in [-0.25, -0.2) is 4.57 Å². The van der Waals surface area contributed by atoms with Gasteiger partial charge in [-0.2, -0.15) is 0 Å². The quantitative estimate of drug-likeness (QED) is 0.0284. The van der Waals surface area contributed by atoms with Crippen LogP contribution in [0, 0.1) is 0 Å². The van der Waals surface area contributed by atoms with Crippen molar-refractivity contribution in [1.29, 1.82) is 0 Å². The molecule has 2 N–H and O–H groups in total. The molecule has 0 saturated carbocycles. The molecule has 0 radical (unpaired) electrons. The van der Waals surface area contributed by atoms with Crippen LogP contribution >= 0.6 is 7.82 Å². The van der Waals surface area contributed by atoms with Crippen LogP contribution in [0.15, 0.2) is 48.6 Å². The Labute approximate surface area is 305 Å². The average Bonchev–Trinajstić information content (AvgIpc) is 3.08. The van der Waals surface area contributed by atoms with Crippen LogP contribution in [-0.2, 0) is 28.2 Å². The lowest BCUT2D eigenvalue weighted by atomic mass is 10.0. The summed E-state index contributed by atoms with van der Waals surface area (Å²) in [6, 6.07) is 0. The Bertz CT molecular complexity index is 952. The standard InChI is InChI=1S/C41H73O8P/c1-3-5-7-9-11-13-15-17-19-20-22-23-25-27-29-31-33-35-40(42)47-37-39(38-48-50(44,45)46)49-41(43)36-34-32-30-28-26-24-21-18-16-14-12-10-8-6-4-2/h6,8,12,14,18,21,26,28,39H,3-5,7,9-11,13,15-17,19-20,22-25,27,29-38H2,1-2H3,(H2,44,45,46)/b8-6-,14-12-,21-18-,28-26-. The lowest BCUT2D eigenvalue weighted by molar-refractivity contribution is -0.161. The molecule has 50 heavy (non-hydrogen) atoms. The highest BCUT2D eigenvalue weighted by molar-refractivity contribution is 7.46. The van der Waals surface area contributed by atoms with Crippen molar-refractivity contribution in [2.75, 3.05) is 13.2 Å². The normalized spacial score (nSPS) is 13.0. The second-order valence-corrected chi connectivity index (χ2v) is 14.5. The number of phosphoric ester groups is 1. The predicted molar refractivity (Wildman–Crippen MR) is 207 cm³/mol. The van der Waals surface area contributed by atoms with Crippen LogP contribution in [0.25, 0.3) is 0 Å². The first-order chi connectivity index (χ1) is 24.3. The average molecular weight is 725 g/mol. The molecule has 1 unspecified atom stereocenters. The summed E-state index contributed by atoms with van der Waals surface area (Å²) in [5, 5.41) is 0. The van der Waals surface area contributed by atoms with Crippen LogP contribution in [0.3, 0.4) is 0 Å². The van der Waals surface area contributed by atoms with E-state index in [9.17, 15) is 14.2 Å². The smallest absolute Gasteiger partial charge is 0.462 e. The second-order valence-electron chi connectivity index (χ2n) is 13.2. The van der Waals surface area contributed by atoms with Crippen molar-refractivity contribution >= 4 is 19.8 Å². The van der Waals surface area contributed by atoms with Gasteiger partial charge in [-0.05, 0) is 51.4 Å². The Balaban J connectivity index is 3.98. The van der Waals surface area contributed by atoms with Gasteiger partial charge in [0.1, 0.15) is 6.61 Å². The third-order valence-electron chi connectivity index (χ3n) is 8.36. The Hall–Kier alpha value is -1.99. The summed E-state index contributed by atoms with van der Waals surface area (Å²) < 4.78 is 26.3. The number of carbonyl (C=O) groups excluding carboxylic acids is 2. The van der Waals surface area contributed by atoms with E-state index < -0.39 is 32.5 Å². The van der Waals surface area contributed by atoms with Gasteiger partial charge in [-0.3, -0.25) is 14.1 Å². The summed E-state index contributed by atoms with van der Waals surface area (Å²) in [6.45, 7) is 3.54. The van der Waals surface area contributed by atoms with E-state index in [1.54, 1.807) is 0 Å². The number of carbonyl (C=O) groups is 2. The molecule has 0 amide bonds. The summed E-state index contributed by atoms with van der Waals surface area (Å²) >= 11 is 0. The number of allylic oxidation sites excluding steroid dienone is 8. The molecule has 0 aliphatic rings. The first kappa shape index (κ1) is 48.0. The lowest BCUT2D eigenvalue weighted by Crippen LogP contribution is -2.29. The van der Waals surface area contributed by atoms with E-state index >= 15 is 0 Å². The molecule has 0 spiro atoms. The van der Waals surface area contributed by atoms with E-state index in [0.717, 1.165) is 57.8 Å². The van der Waals surface area contributed by atoms with Gasteiger partial charge in [0.25, 0.3) is 0 Å². The van der Waals surface area contributed by atoms with Gasteiger partial charge < -0.3 is 19.3 Å². The number of rotatable bonds is 36. The predicted octanol–water partition coefficient (Wildman–Crippen LogP) is 12.0. The summed E-state index contributed by atoms with van der Waals surface area (Å²) in [7, 11) is -4.76. The summed E-state index contributed by atoms with van der Waals surface area (Å²) in [4.78, 5) is 42.7. The zero-order valence-corrected chi connectivity index (χ0v) is 32.7. The second kappa shape index (κ2) is 36.8. The number of unbranched alkanes of at least 4 members (excludes halogenated alkanes) is 18. The fraction of sp³-hybridized carbons (Fsp3) is 0.756. The van der Waals surface area contributed by atoms with E-state index in [1.807, 2.05) is 0 Å². The largest absolute Gasteiger partial charge is 0.469 e. The van der Waals surface area contributed by atoms with Crippen LogP contribution < -0.4 is 0 Å². The minimum atomic E-state index is -4.76. The monoisotopic (exact) mass is 725 g/mol. The highest BCUT2D eigenvalue weighted by Crippen LogP contribution is 2.36. The van der Waals surface area contributed by atoms with Gasteiger partial charge in [-0.15, -0.1) is 0 Å². The molecule has 0 aromatic carbocycles. The maximum Gasteiger partial charge on any atom is 0.469 e. The fourth-order valence-corrected chi connectivity index (χ4v) is 5.78. The minimum absolute atomic E-state index is 0.160. The molecule has 0 bridgehead atoms. The van der Waals surface area contributed by atoms with Crippen molar-refractivity contribution in [1.82, 2.24) is 0 Å². The van der Waals surface area contributed by atoms with Crippen LogP contribution in [0.5, 0.6) is 0 Å². The Morgan fingerprint density at radius 2 is 0.960 bits per heavy atom. The van der Waals surface area contributed by atoms with E-state index in [2.05, 4.69) is 67.0 Å². The molecule has 9 heteroatoms. The molecule has 1 atom stereocenters. The van der Waals surface area contributed by atoms with Crippen LogP contribution in [0.4, 0.5) is 0 Å². The first-order valence-electron chi connectivity index (χ1n) is 19.9. The molecule has 0 heterocycles. The van der Waals surface area contributed by atoms with E-state index in [1.165, 1.54) is 89.9 Å². The van der Waals surface area contributed by atoms with Crippen molar-refractivity contribution in [2.45, 2.75) is 187 Å². The molecule has 0 aliphatic heterocycles. The molecule has 0 aromatic rings. The highest BCUT2D eigenvalue weighted by atomic mass is 31.2. The van der Waals surface area contributed by atoms with E-state index in [4.69, 9.17) is 19.3 Å². The SMILES string of the molecule is CC/C=C\C/C=C\C/C=C\C/C=C\CCCCC(=O)OC(COC(=O)CCCCCCCCCCCCCCCCCCC)COP(=O)(O)O. The maximum atomic E-state index is 12.4.